The second kappa shape index (κ2) is 6.91. The van der Waals surface area contributed by atoms with Crippen LogP contribution >= 0.6 is 0 Å². The van der Waals surface area contributed by atoms with E-state index < -0.39 is 32.2 Å². The van der Waals surface area contributed by atoms with Crippen LogP contribution in [0, 0.1) is 5.82 Å². The van der Waals surface area contributed by atoms with Gasteiger partial charge in [0.25, 0.3) is 0 Å². The van der Waals surface area contributed by atoms with Crippen molar-refractivity contribution in [3.05, 3.63) is 71.6 Å². The van der Waals surface area contributed by atoms with Crippen molar-refractivity contribution >= 4 is 15.7 Å². The number of sulfone groups is 1. The van der Waals surface area contributed by atoms with Gasteiger partial charge in [0, 0.05) is 6.92 Å². The van der Waals surface area contributed by atoms with Gasteiger partial charge in [-0.15, -0.1) is 0 Å². The van der Waals surface area contributed by atoms with Gasteiger partial charge in [-0.2, -0.15) is 0 Å². The van der Waals surface area contributed by atoms with Gasteiger partial charge < -0.3 is 5.32 Å². The zero-order valence-electron chi connectivity index (χ0n) is 12.9. The first-order chi connectivity index (χ1) is 10.8. The SMILES string of the molecule is CC(=O)NC(c1ccc(F)cc1)S(=O)(=O)C1C=CC=C(C)C=C1. The summed E-state index contributed by atoms with van der Waals surface area (Å²) >= 11 is 0. The molecule has 1 N–H and O–H groups in total. The average molecular weight is 335 g/mol. The molecule has 1 aromatic rings. The largest absolute Gasteiger partial charge is 0.336 e. The molecule has 0 saturated heterocycles. The number of hydrogen-bond donors (Lipinski definition) is 1. The molecule has 0 aromatic heterocycles. The Hall–Kier alpha value is -2.21. The zero-order chi connectivity index (χ0) is 17.0. The van der Waals surface area contributed by atoms with Gasteiger partial charge in [-0.05, 0) is 24.6 Å². The van der Waals surface area contributed by atoms with Crippen LogP contribution in [0.1, 0.15) is 24.8 Å². The van der Waals surface area contributed by atoms with Crippen molar-refractivity contribution in [3.8, 4) is 0 Å². The van der Waals surface area contributed by atoms with Gasteiger partial charge >= 0.3 is 0 Å². The van der Waals surface area contributed by atoms with Gasteiger partial charge in [-0.25, -0.2) is 12.8 Å². The van der Waals surface area contributed by atoms with Crippen molar-refractivity contribution in [2.24, 2.45) is 0 Å². The van der Waals surface area contributed by atoms with Crippen molar-refractivity contribution in [1.29, 1.82) is 0 Å². The Bertz CT molecular complexity index is 777. The van der Waals surface area contributed by atoms with Gasteiger partial charge in [-0.1, -0.05) is 48.1 Å². The molecule has 1 amide bonds. The molecule has 2 atom stereocenters. The first-order valence-electron chi connectivity index (χ1n) is 7.09. The van der Waals surface area contributed by atoms with Crippen LogP contribution in [-0.2, 0) is 14.6 Å². The molecule has 0 aliphatic heterocycles. The number of benzene rings is 1. The fraction of sp³-hybridized carbons (Fsp3) is 0.235. The van der Waals surface area contributed by atoms with E-state index in [1.54, 1.807) is 30.4 Å². The summed E-state index contributed by atoms with van der Waals surface area (Å²) < 4.78 is 39.0. The molecule has 0 fully saturated rings. The van der Waals surface area contributed by atoms with E-state index in [2.05, 4.69) is 5.32 Å². The summed E-state index contributed by atoms with van der Waals surface area (Å²) in [4.78, 5) is 11.4. The molecule has 2 rings (SSSR count). The predicted octanol–water partition coefficient (Wildman–Crippen LogP) is 2.82. The van der Waals surface area contributed by atoms with Crippen molar-refractivity contribution in [1.82, 2.24) is 5.32 Å². The number of hydrogen-bond acceptors (Lipinski definition) is 3. The molecule has 0 saturated carbocycles. The summed E-state index contributed by atoms with van der Waals surface area (Å²) in [6, 6.07) is 5.07. The quantitative estimate of drug-likeness (QED) is 0.920. The molecule has 4 nitrogen and oxygen atoms in total. The molecule has 0 heterocycles. The average Bonchev–Trinajstić information content (AvgIpc) is 2.71. The Morgan fingerprint density at radius 3 is 2.48 bits per heavy atom. The van der Waals surface area contributed by atoms with Crippen molar-refractivity contribution < 1.29 is 17.6 Å². The summed E-state index contributed by atoms with van der Waals surface area (Å²) in [6.07, 6.45) is 8.33. The van der Waals surface area contributed by atoms with Crippen LogP contribution in [0.4, 0.5) is 4.39 Å². The third-order valence-electron chi connectivity index (χ3n) is 3.42. The van der Waals surface area contributed by atoms with E-state index in [0.29, 0.717) is 5.56 Å². The molecular weight excluding hydrogens is 317 g/mol. The minimum absolute atomic E-state index is 0.317. The number of carbonyl (C=O) groups excluding carboxylic acids is 1. The lowest BCUT2D eigenvalue weighted by Crippen LogP contribution is -2.36. The van der Waals surface area contributed by atoms with Crippen LogP contribution in [0.2, 0.25) is 0 Å². The van der Waals surface area contributed by atoms with E-state index in [1.165, 1.54) is 31.2 Å². The highest BCUT2D eigenvalue weighted by Crippen LogP contribution is 2.26. The van der Waals surface area contributed by atoms with Crippen LogP contribution in [0.5, 0.6) is 0 Å². The van der Waals surface area contributed by atoms with Crippen molar-refractivity contribution in [2.45, 2.75) is 24.5 Å². The van der Waals surface area contributed by atoms with E-state index in [-0.39, 0.29) is 0 Å². The summed E-state index contributed by atoms with van der Waals surface area (Å²) in [5.41, 5.74) is 1.24. The summed E-state index contributed by atoms with van der Waals surface area (Å²) in [5.74, 6) is -0.944. The second-order valence-corrected chi connectivity index (χ2v) is 7.53. The molecule has 6 heteroatoms. The van der Waals surface area contributed by atoms with Gasteiger partial charge in [0.05, 0.1) is 0 Å². The van der Waals surface area contributed by atoms with E-state index in [1.807, 2.05) is 6.92 Å². The van der Waals surface area contributed by atoms with Crippen LogP contribution in [0.25, 0.3) is 0 Å². The molecule has 2 unspecified atom stereocenters. The topological polar surface area (TPSA) is 63.2 Å². The standard InChI is InChI=1S/C17H18FNO3S/c1-12-4-3-5-16(11-6-12)23(21,22)17(19-13(2)20)14-7-9-15(18)10-8-14/h3-11,16-17H,1-2H3,(H,19,20). The normalized spacial score (nSPS) is 18.9. The van der Waals surface area contributed by atoms with E-state index in [9.17, 15) is 17.6 Å². The molecule has 1 aromatic carbocycles. The monoisotopic (exact) mass is 335 g/mol. The van der Waals surface area contributed by atoms with Crippen molar-refractivity contribution in [3.63, 3.8) is 0 Å². The Labute approximate surface area is 135 Å². The minimum Gasteiger partial charge on any atom is -0.336 e. The van der Waals surface area contributed by atoms with E-state index >= 15 is 0 Å². The molecule has 0 bridgehead atoms. The third-order valence-corrected chi connectivity index (χ3v) is 5.54. The lowest BCUT2D eigenvalue weighted by atomic mass is 10.2. The van der Waals surface area contributed by atoms with E-state index in [4.69, 9.17) is 0 Å². The molecule has 1 aliphatic carbocycles. The molecule has 0 radical (unpaired) electrons. The number of amides is 1. The minimum atomic E-state index is -3.79. The number of halogens is 1. The van der Waals surface area contributed by atoms with Crippen LogP contribution in [0.3, 0.4) is 0 Å². The van der Waals surface area contributed by atoms with Crippen LogP contribution in [0.15, 0.2) is 60.2 Å². The summed E-state index contributed by atoms with van der Waals surface area (Å²) in [6.45, 7) is 3.11. The smallest absolute Gasteiger partial charge is 0.218 e. The fourth-order valence-electron chi connectivity index (χ4n) is 2.24. The first-order valence-corrected chi connectivity index (χ1v) is 8.70. The molecular formula is C17H18FNO3S. The van der Waals surface area contributed by atoms with Gasteiger partial charge in [0.15, 0.2) is 15.2 Å². The lowest BCUT2D eigenvalue weighted by molar-refractivity contribution is -0.119. The highest BCUT2D eigenvalue weighted by atomic mass is 32.2. The van der Waals surface area contributed by atoms with Crippen LogP contribution < -0.4 is 5.32 Å². The molecule has 122 valence electrons. The molecule has 23 heavy (non-hydrogen) atoms. The Kier molecular flexibility index (Phi) is 5.15. The fourth-order valence-corrected chi connectivity index (χ4v) is 4.02. The number of nitrogens with one attached hydrogen (secondary N) is 1. The maximum absolute atomic E-state index is 13.1. The third kappa shape index (κ3) is 4.16. The summed E-state index contributed by atoms with van der Waals surface area (Å²) in [5, 5.41) is 0.336. The Morgan fingerprint density at radius 1 is 1.22 bits per heavy atom. The number of rotatable bonds is 4. The van der Waals surface area contributed by atoms with Gasteiger partial charge in [0.1, 0.15) is 11.1 Å². The number of carbonyl (C=O) groups is 1. The van der Waals surface area contributed by atoms with E-state index in [0.717, 1.165) is 5.57 Å². The Morgan fingerprint density at radius 2 is 1.87 bits per heavy atom. The summed E-state index contributed by atoms with van der Waals surface area (Å²) in [7, 11) is -3.79. The highest BCUT2D eigenvalue weighted by molar-refractivity contribution is 7.92. The predicted molar refractivity (Wildman–Crippen MR) is 87.7 cm³/mol. The van der Waals surface area contributed by atoms with Gasteiger partial charge in [-0.3, -0.25) is 4.79 Å². The second-order valence-electron chi connectivity index (χ2n) is 5.34. The maximum Gasteiger partial charge on any atom is 0.218 e. The number of allylic oxidation sites excluding steroid dienone is 4. The van der Waals surface area contributed by atoms with Crippen molar-refractivity contribution in [2.75, 3.05) is 0 Å². The van der Waals surface area contributed by atoms with Crippen LogP contribution in [-0.4, -0.2) is 19.6 Å². The Balaban J connectivity index is 2.43. The first kappa shape index (κ1) is 17.1. The zero-order valence-corrected chi connectivity index (χ0v) is 13.7. The molecule has 1 aliphatic rings. The van der Waals surface area contributed by atoms with Gasteiger partial charge in [0.2, 0.25) is 5.91 Å². The lowest BCUT2D eigenvalue weighted by Gasteiger charge is -2.22. The highest BCUT2D eigenvalue weighted by Gasteiger charge is 2.33. The molecule has 0 spiro atoms. The maximum atomic E-state index is 13.1.